The summed E-state index contributed by atoms with van der Waals surface area (Å²) in [5, 5.41) is 5.16. The Morgan fingerprint density at radius 2 is 1.69 bits per heavy atom. The first-order valence-electron chi connectivity index (χ1n) is 12.8. The molecule has 2 aromatic rings. The predicted octanol–water partition coefficient (Wildman–Crippen LogP) is 6.72. The highest BCUT2D eigenvalue weighted by Crippen LogP contribution is 2.43. The van der Waals surface area contributed by atoms with Crippen molar-refractivity contribution in [1.82, 2.24) is 14.7 Å². The molecule has 0 N–H and O–H groups in total. The van der Waals surface area contributed by atoms with Crippen LogP contribution >= 0.6 is 23.2 Å². The van der Waals surface area contributed by atoms with E-state index in [-0.39, 0.29) is 56.5 Å². The summed E-state index contributed by atoms with van der Waals surface area (Å²) >= 11 is 12.6. The summed E-state index contributed by atoms with van der Waals surface area (Å²) in [5.41, 5.74) is 1.27. The molecule has 0 radical (unpaired) electrons. The number of hydrogen-bond acceptors (Lipinski definition) is 4. The number of benzene rings is 1. The van der Waals surface area contributed by atoms with Gasteiger partial charge in [0.1, 0.15) is 5.78 Å². The molecule has 36 heavy (non-hydrogen) atoms. The van der Waals surface area contributed by atoms with Crippen molar-refractivity contribution in [2.75, 3.05) is 13.1 Å². The van der Waals surface area contributed by atoms with Crippen LogP contribution in [0.3, 0.4) is 0 Å². The van der Waals surface area contributed by atoms with Crippen molar-refractivity contribution in [3.8, 4) is 0 Å². The number of hydrogen-bond donors (Lipinski definition) is 0. The van der Waals surface area contributed by atoms with Crippen LogP contribution in [0.4, 0.5) is 0 Å². The summed E-state index contributed by atoms with van der Waals surface area (Å²) in [7, 11) is 0. The third-order valence-corrected chi connectivity index (χ3v) is 9.16. The summed E-state index contributed by atoms with van der Waals surface area (Å²) in [6.45, 7) is 8.18. The second-order valence-corrected chi connectivity index (χ2v) is 12.1. The summed E-state index contributed by atoms with van der Waals surface area (Å²) in [6, 6.07) is 5.12. The molecule has 2 aliphatic carbocycles. The molecule has 4 rings (SSSR count). The summed E-state index contributed by atoms with van der Waals surface area (Å²) < 4.78 is 1.93. The van der Waals surface area contributed by atoms with Crippen molar-refractivity contribution in [2.45, 2.75) is 78.7 Å². The lowest BCUT2D eigenvalue weighted by Gasteiger charge is -2.42. The van der Waals surface area contributed by atoms with Gasteiger partial charge in [-0.05, 0) is 69.9 Å². The molecule has 0 saturated heterocycles. The number of amides is 1. The quantitative estimate of drug-likeness (QED) is 0.354. The van der Waals surface area contributed by atoms with Crippen LogP contribution in [0.2, 0.25) is 10.0 Å². The Hall–Kier alpha value is -2.18. The predicted molar refractivity (Wildman–Crippen MR) is 142 cm³/mol. The van der Waals surface area contributed by atoms with Gasteiger partial charge in [-0.2, -0.15) is 5.10 Å². The standard InChI is InChI=1S/C28H35Cl2N3O3/c1-18-21(15-31-33(18)20-9-13-28(4,14-10-20)19(2)34)26(36)32(17-27(3)11-6-12-27)16-24(35)25-22(29)7-5-8-23(25)30/h5,7-8,15,20H,6,9-14,16-17H2,1-4H3. The topological polar surface area (TPSA) is 72.3 Å². The van der Waals surface area contributed by atoms with E-state index in [2.05, 4.69) is 12.0 Å². The van der Waals surface area contributed by atoms with Crippen LogP contribution in [0.15, 0.2) is 24.4 Å². The highest BCUT2D eigenvalue weighted by Gasteiger charge is 2.38. The van der Waals surface area contributed by atoms with Gasteiger partial charge in [0.2, 0.25) is 0 Å². The molecular weight excluding hydrogens is 497 g/mol. The van der Waals surface area contributed by atoms with Crippen molar-refractivity contribution < 1.29 is 14.4 Å². The van der Waals surface area contributed by atoms with Gasteiger partial charge >= 0.3 is 0 Å². The highest BCUT2D eigenvalue weighted by atomic mass is 35.5. The normalized spacial score (nSPS) is 23.1. The molecule has 0 bridgehead atoms. The van der Waals surface area contributed by atoms with Crippen LogP contribution in [0.25, 0.3) is 0 Å². The smallest absolute Gasteiger partial charge is 0.257 e. The average molecular weight is 533 g/mol. The maximum atomic E-state index is 13.8. The summed E-state index contributed by atoms with van der Waals surface area (Å²) in [4.78, 5) is 40.8. The van der Waals surface area contributed by atoms with Crippen molar-refractivity contribution in [2.24, 2.45) is 10.8 Å². The minimum atomic E-state index is -0.275. The van der Waals surface area contributed by atoms with Crippen molar-refractivity contribution in [3.05, 3.63) is 51.3 Å². The zero-order valence-electron chi connectivity index (χ0n) is 21.6. The lowest BCUT2D eigenvalue weighted by molar-refractivity contribution is -0.127. The van der Waals surface area contributed by atoms with E-state index in [1.807, 2.05) is 18.5 Å². The summed E-state index contributed by atoms with van der Waals surface area (Å²) in [5.74, 6) is -0.243. The molecule has 8 heteroatoms. The van der Waals surface area contributed by atoms with Crippen molar-refractivity contribution in [1.29, 1.82) is 0 Å². The molecule has 2 saturated carbocycles. The Balaban J connectivity index is 1.56. The van der Waals surface area contributed by atoms with Gasteiger partial charge in [-0.1, -0.05) is 49.5 Å². The number of carbonyl (C=O) groups is 3. The van der Waals surface area contributed by atoms with Crippen LogP contribution in [-0.2, 0) is 4.79 Å². The van der Waals surface area contributed by atoms with Crippen LogP contribution in [0, 0.1) is 17.8 Å². The SMILES string of the molecule is CC(=O)C1(C)CCC(n2ncc(C(=O)N(CC(=O)c3c(Cl)cccc3Cl)CC3(C)CCC3)c2C)CC1. The molecule has 0 atom stereocenters. The van der Waals surface area contributed by atoms with Crippen molar-refractivity contribution >= 4 is 40.7 Å². The fraction of sp³-hybridized carbons (Fsp3) is 0.571. The van der Waals surface area contributed by atoms with E-state index in [4.69, 9.17) is 23.2 Å². The monoisotopic (exact) mass is 531 g/mol. The molecule has 1 amide bonds. The zero-order chi connectivity index (χ0) is 26.3. The Kier molecular flexibility index (Phi) is 7.68. The third-order valence-electron chi connectivity index (χ3n) is 8.53. The molecule has 0 unspecified atom stereocenters. The van der Waals surface area contributed by atoms with E-state index >= 15 is 0 Å². The molecule has 194 valence electrons. The molecule has 0 spiro atoms. The first-order valence-corrected chi connectivity index (χ1v) is 13.5. The molecule has 1 aromatic heterocycles. The maximum Gasteiger partial charge on any atom is 0.257 e. The number of halogens is 2. The largest absolute Gasteiger partial charge is 0.330 e. The van der Waals surface area contributed by atoms with E-state index in [9.17, 15) is 14.4 Å². The molecule has 2 fully saturated rings. The van der Waals surface area contributed by atoms with Crippen molar-refractivity contribution in [3.63, 3.8) is 0 Å². The lowest BCUT2D eigenvalue weighted by atomic mass is 9.70. The molecule has 0 aliphatic heterocycles. The van der Waals surface area contributed by atoms with E-state index in [1.54, 1.807) is 36.2 Å². The van der Waals surface area contributed by atoms with E-state index < -0.39 is 0 Å². The van der Waals surface area contributed by atoms with Gasteiger partial charge < -0.3 is 4.90 Å². The fourth-order valence-corrected chi connectivity index (χ4v) is 6.23. The minimum absolute atomic E-state index is 0.00929. The summed E-state index contributed by atoms with van der Waals surface area (Å²) in [6.07, 6.45) is 8.11. The molecule has 2 aliphatic rings. The Bertz CT molecular complexity index is 1160. The molecule has 1 heterocycles. The van der Waals surface area contributed by atoms with Crippen LogP contribution in [0.1, 0.15) is 98.2 Å². The van der Waals surface area contributed by atoms with E-state index in [0.29, 0.717) is 12.1 Å². The van der Waals surface area contributed by atoms with Gasteiger partial charge in [0, 0.05) is 17.7 Å². The van der Waals surface area contributed by atoms with Crippen LogP contribution in [-0.4, -0.2) is 45.2 Å². The number of ketones is 2. The van der Waals surface area contributed by atoms with Gasteiger partial charge in [0.15, 0.2) is 5.78 Å². The van der Waals surface area contributed by atoms with Gasteiger partial charge in [-0.25, -0.2) is 0 Å². The highest BCUT2D eigenvalue weighted by molar-refractivity contribution is 6.40. The second kappa shape index (κ2) is 10.3. The first kappa shape index (κ1) is 26.9. The second-order valence-electron chi connectivity index (χ2n) is 11.3. The Morgan fingerprint density at radius 1 is 1.08 bits per heavy atom. The Labute approximate surface area is 223 Å². The number of nitrogens with zero attached hydrogens (tertiary/aromatic N) is 3. The number of carbonyl (C=O) groups excluding carboxylic acids is 3. The third kappa shape index (κ3) is 5.26. The van der Waals surface area contributed by atoms with E-state index in [0.717, 1.165) is 50.6 Å². The number of aromatic nitrogens is 2. The van der Waals surface area contributed by atoms with Crippen LogP contribution < -0.4 is 0 Å². The van der Waals surface area contributed by atoms with E-state index in [1.165, 1.54) is 0 Å². The Morgan fingerprint density at radius 3 is 2.22 bits per heavy atom. The fourth-order valence-electron chi connectivity index (χ4n) is 5.62. The van der Waals surface area contributed by atoms with Gasteiger partial charge in [-0.15, -0.1) is 0 Å². The lowest BCUT2D eigenvalue weighted by Crippen LogP contribution is -2.45. The zero-order valence-corrected chi connectivity index (χ0v) is 23.1. The number of rotatable bonds is 8. The number of Topliss-reactive ketones (excluding diaryl/α,β-unsaturated/α-hetero) is 2. The van der Waals surface area contributed by atoms with Crippen LogP contribution in [0.5, 0.6) is 0 Å². The molecule has 6 nitrogen and oxygen atoms in total. The first-order chi connectivity index (χ1) is 16.9. The van der Waals surface area contributed by atoms with Gasteiger partial charge in [0.05, 0.1) is 40.0 Å². The molecule has 1 aromatic carbocycles. The average Bonchev–Trinajstić information content (AvgIpc) is 3.18. The van der Waals surface area contributed by atoms with Gasteiger partial charge in [-0.3, -0.25) is 19.1 Å². The minimum Gasteiger partial charge on any atom is -0.330 e. The van der Waals surface area contributed by atoms with Gasteiger partial charge in [0.25, 0.3) is 5.91 Å². The maximum absolute atomic E-state index is 13.8. The molecular formula is C28H35Cl2N3O3.